The van der Waals surface area contributed by atoms with Gasteiger partial charge in [-0.3, -0.25) is 9.69 Å². The lowest BCUT2D eigenvalue weighted by Crippen LogP contribution is -2.48. The SMILES string of the molecule is Cc1cccc(N2CCN(CC(=O)Nc3ccc(Br)cc3F)CC2)c1C. The zero-order valence-corrected chi connectivity index (χ0v) is 16.6. The molecule has 26 heavy (non-hydrogen) atoms. The third-order valence-corrected chi connectivity index (χ3v) is 5.35. The Hall–Kier alpha value is -1.92. The van der Waals surface area contributed by atoms with E-state index in [1.54, 1.807) is 12.1 Å². The first-order chi connectivity index (χ1) is 12.4. The van der Waals surface area contributed by atoms with Crippen LogP contribution in [-0.2, 0) is 4.79 Å². The highest BCUT2D eigenvalue weighted by Crippen LogP contribution is 2.24. The smallest absolute Gasteiger partial charge is 0.238 e. The Morgan fingerprint density at radius 1 is 1.15 bits per heavy atom. The summed E-state index contributed by atoms with van der Waals surface area (Å²) >= 11 is 3.21. The van der Waals surface area contributed by atoms with Crippen molar-refractivity contribution in [3.63, 3.8) is 0 Å². The van der Waals surface area contributed by atoms with E-state index >= 15 is 0 Å². The summed E-state index contributed by atoms with van der Waals surface area (Å²) in [6, 6.07) is 11.0. The summed E-state index contributed by atoms with van der Waals surface area (Å²) in [6.45, 7) is 7.93. The van der Waals surface area contributed by atoms with Crippen molar-refractivity contribution in [2.45, 2.75) is 13.8 Å². The number of amides is 1. The van der Waals surface area contributed by atoms with Gasteiger partial charge in [0.05, 0.1) is 12.2 Å². The van der Waals surface area contributed by atoms with Crippen LogP contribution >= 0.6 is 15.9 Å². The van der Waals surface area contributed by atoms with E-state index in [-0.39, 0.29) is 18.1 Å². The maximum atomic E-state index is 13.8. The van der Waals surface area contributed by atoms with Crippen LogP contribution in [0.5, 0.6) is 0 Å². The number of rotatable bonds is 4. The number of anilines is 2. The van der Waals surface area contributed by atoms with Crippen LogP contribution < -0.4 is 10.2 Å². The standard InChI is InChI=1S/C20H23BrFN3O/c1-14-4-3-5-19(15(14)2)25-10-8-24(9-11-25)13-20(26)23-18-7-6-16(21)12-17(18)22/h3-7,12H,8-11,13H2,1-2H3,(H,23,26). The minimum absolute atomic E-state index is 0.189. The van der Waals surface area contributed by atoms with Crippen LogP contribution in [0.1, 0.15) is 11.1 Å². The van der Waals surface area contributed by atoms with E-state index < -0.39 is 5.82 Å². The molecule has 4 nitrogen and oxygen atoms in total. The monoisotopic (exact) mass is 419 g/mol. The second-order valence-corrected chi connectivity index (χ2v) is 7.57. The molecule has 3 rings (SSSR count). The van der Waals surface area contributed by atoms with E-state index in [0.717, 1.165) is 26.2 Å². The lowest BCUT2D eigenvalue weighted by Gasteiger charge is -2.36. The van der Waals surface area contributed by atoms with Gasteiger partial charge in [0, 0.05) is 36.3 Å². The number of hydrogen-bond donors (Lipinski definition) is 1. The molecule has 2 aromatic carbocycles. The Balaban J connectivity index is 1.53. The number of carbonyl (C=O) groups is 1. The van der Waals surface area contributed by atoms with Gasteiger partial charge in [0.1, 0.15) is 5.82 Å². The van der Waals surface area contributed by atoms with Crippen LogP contribution in [0.3, 0.4) is 0 Å². The van der Waals surface area contributed by atoms with Gasteiger partial charge < -0.3 is 10.2 Å². The summed E-state index contributed by atoms with van der Waals surface area (Å²) in [5.41, 5.74) is 4.09. The normalized spacial score (nSPS) is 15.2. The van der Waals surface area contributed by atoms with Crippen LogP contribution in [0.4, 0.5) is 15.8 Å². The van der Waals surface area contributed by atoms with E-state index in [4.69, 9.17) is 0 Å². The van der Waals surface area contributed by atoms with Crippen molar-refractivity contribution in [2.75, 3.05) is 42.9 Å². The van der Waals surface area contributed by atoms with Gasteiger partial charge in [-0.25, -0.2) is 4.39 Å². The molecule has 0 aliphatic carbocycles. The average molecular weight is 420 g/mol. The average Bonchev–Trinajstić information content (AvgIpc) is 2.61. The maximum absolute atomic E-state index is 13.8. The fourth-order valence-corrected chi connectivity index (χ4v) is 3.54. The second-order valence-electron chi connectivity index (χ2n) is 6.65. The number of halogens is 2. The predicted molar refractivity (Wildman–Crippen MR) is 107 cm³/mol. The highest BCUT2D eigenvalue weighted by molar-refractivity contribution is 9.10. The van der Waals surface area contributed by atoms with E-state index in [0.29, 0.717) is 4.47 Å². The first kappa shape index (κ1) is 18.9. The van der Waals surface area contributed by atoms with E-state index in [9.17, 15) is 9.18 Å². The first-order valence-electron chi connectivity index (χ1n) is 8.72. The van der Waals surface area contributed by atoms with Gasteiger partial charge in [-0.2, -0.15) is 0 Å². The molecule has 1 N–H and O–H groups in total. The van der Waals surface area contributed by atoms with E-state index in [2.05, 4.69) is 63.1 Å². The van der Waals surface area contributed by atoms with Gasteiger partial charge in [-0.15, -0.1) is 0 Å². The molecule has 1 aliphatic rings. The number of nitrogens with one attached hydrogen (secondary N) is 1. The summed E-state index contributed by atoms with van der Waals surface area (Å²) in [5, 5.41) is 2.65. The molecule has 0 unspecified atom stereocenters. The van der Waals surface area contributed by atoms with Crippen molar-refractivity contribution in [3.8, 4) is 0 Å². The van der Waals surface area contributed by atoms with Crippen LogP contribution in [0.15, 0.2) is 40.9 Å². The van der Waals surface area contributed by atoms with Gasteiger partial charge in [0.2, 0.25) is 5.91 Å². The summed E-state index contributed by atoms with van der Waals surface area (Å²) in [5.74, 6) is -0.626. The number of aryl methyl sites for hydroxylation is 1. The highest BCUT2D eigenvalue weighted by Gasteiger charge is 2.20. The lowest BCUT2D eigenvalue weighted by atomic mass is 10.1. The molecule has 0 spiro atoms. The first-order valence-corrected chi connectivity index (χ1v) is 9.52. The molecular formula is C20H23BrFN3O. The Bertz CT molecular complexity index is 804. The molecule has 0 atom stereocenters. The molecule has 0 radical (unpaired) electrons. The molecule has 138 valence electrons. The van der Waals surface area contributed by atoms with Crippen molar-refractivity contribution < 1.29 is 9.18 Å². The largest absolute Gasteiger partial charge is 0.369 e. The molecule has 1 heterocycles. The van der Waals surface area contributed by atoms with Gasteiger partial charge in [0.25, 0.3) is 0 Å². The van der Waals surface area contributed by atoms with Gasteiger partial charge in [0.15, 0.2) is 0 Å². The summed E-state index contributed by atoms with van der Waals surface area (Å²) in [7, 11) is 0. The maximum Gasteiger partial charge on any atom is 0.238 e. The zero-order chi connectivity index (χ0) is 18.7. The van der Waals surface area contributed by atoms with Crippen LogP contribution in [0.2, 0.25) is 0 Å². The predicted octanol–water partition coefficient (Wildman–Crippen LogP) is 3.97. The zero-order valence-electron chi connectivity index (χ0n) is 15.1. The van der Waals surface area contributed by atoms with Crippen molar-refractivity contribution >= 4 is 33.2 Å². The van der Waals surface area contributed by atoms with Crippen molar-refractivity contribution in [1.82, 2.24) is 4.90 Å². The molecule has 1 fully saturated rings. The van der Waals surface area contributed by atoms with Crippen molar-refractivity contribution in [1.29, 1.82) is 0 Å². The molecule has 6 heteroatoms. The number of carbonyl (C=O) groups excluding carboxylic acids is 1. The molecule has 0 bridgehead atoms. The Morgan fingerprint density at radius 2 is 1.88 bits per heavy atom. The number of hydrogen-bond acceptors (Lipinski definition) is 3. The quantitative estimate of drug-likeness (QED) is 0.814. The third kappa shape index (κ3) is 4.43. The van der Waals surface area contributed by atoms with E-state index in [1.807, 2.05) is 0 Å². The summed E-state index contributed by atoms with van der Waals surface area (Å²) in [4.78, 5) is 16.7. The van der Waals surface area contributed by atoms with Crippen LogP contribution in [0.25, 0.3) is 0 Å². The Kier molecular flexibility index (Phi) is 5.94. The molecule has 1 saturated heterocycles. The number of piperazine rings is 1. The van der Waals surface area contributed by atoms with Crippen LogP contribution in [-0.4, -0.2) is 43.5 Å². The van der Waals surface area contributed by atoms with E-state index in [1.165, 1.54) is 22.9 Å². The lowest BCUT2D eigenvalue weighted by molar-refractivity contribution is -0.117. The summed E-state index contributed by atoms with van der Waals surface area (Å²) < 4.78 is 14.5. The minimum Gasteiger partial charge on any atom is -0.369 e. The van der Waals surface area contributed by atoms with Gasteiger partial charge >= 0.3 is 0 Å². The van der Waals surface area contributed by atoms with Crippen molar-refractivity contribution in [2.24, 2.45) is 0 Å². The summed E-state index contributed by atoms with van der Waals surface area (Å²) in [6.07, 6.45) is 0. The molecule has 0 saturated carbocycles. The Labute approximate surface area is 162 Å². The number of benzene rings is 2. The molecule has 1 amide bonds. The van der Waals surface area contributed by atoms with Gasteiger partial charge in [-0.1, -0.05) is 28.1 Å². The fourth-order valence-electron chi connectivity index (χ4n) is 3.21. The van der Waals surface area contributed by atoms with Gasteiger partial charge in [-0.05, 0) is 49.2 Å². The fraction of sp³-hybridized carbons (Fsp3) is 0.350. The minimum atomic E-state index is -0.438. The highest BCUT2D eigenvalue weighted by atomic mass is 79.9. The van der Waals surface area contributed by atoms with Crippen LogP contribution in [0, 0.1) is 19.7 Å². The topological polar surface area (TPSA) is 35.6 Å². The van der Waals surface area contributed by atoms with Crippen molar-refractivity contribution in [3.05, 3.63) is 57.8 Å². The molecule has 0 aromatic heterocycles. The number of nitrogens with zero attached hydrogens (tertiary/aromatic N) is 2. The Morgan fingerprint density at radius 3 is 2.58 bits per heavy atom. The second kappa shape index (κ2) is 8.18. The molecule has 1 aliphatic heterocycles. The molecule has 2 aromatic rings. The third-order valence-electron chi connectivity index (χ3n) is 4.86. The molecular weight excluding hydrogens is 397 g/mol.